The second-order valence-electron chi connectivity index (χ2n) is 4.02. The Morgan fingerprint density at radius 1 is 1.05 bits per heavy atom. The zero-order valence-corrected chi connectivity index (χ0v) is 12.3. The van der Waals surface area contributed by atoms with Crippen LogP contribution >= 0.6 is 27.5 Å². The smallest absolute Gasteiger partial charge is 0.246 e. The fourth-order valence-electron chi connectivity index (χ4n) is 1.77. The third kappa shape index (κ3) is 2.46. The van der Waals surface area contributed by atoms with Gasteiger partial charge in [-0.1, -0.05) is 29.8 Å². The second-order valence-corrected chi connectivity index (χ2v) is 5.23. The molecule has 0 saturated heterocycles. The molecule has 6 heteroatoms. The van der Waals surface area contributed by atoms with Crippen LogP contribution in [0.5, 0.6) is 11.6 Å². The van der Waals surface area contributed by atoms with Crippen molar-refractivity contribution >= 4 is 38.3 Å². The summed E-state index contributed by atoms with van der Waals surface area (Å²) in [6, 6.07) is 11.8. The van der Waals surface area contributed by atoms with Gasteiger partial charge in [-0.05, 0) is 34.1 Å². The fraction of sp³-hybridized carbons (Fsp3) is 0. The molecule has 3 aromatic rings. The number of rotatable bonds is 2. The summed E-state index contributed by atoms with van der Waals surface area (Å²) >= 11 is 9.07. The average Bonchev–Trinajstić information content (AvgIpc) is 2.46. The lowest BCUT2D eigenvalue weighted by Gasteiger charge is -2.08. The third-order valence-electron chi connectivity index (χ3n) is 2.71. The van der Waals surface area contributed by atoms with E-state index in [0.717, 1.165) is 10.8 Å². The molecule has 0 saturated carbocycles. The van der Waals surface area contributed by atoms with Crippen LogP contribution in [-0.4, -0.2) is 10.2 Å². The summed E-state index contributed by atoms with van der Waals surface area (Å²) in [5.41, 5.74) is 0. The van der Waals surface area contributed by atoms with Crippen LogP contribution in [0.1, 0.15) is 0 Å². The minimum atomic E-state index is -0.409. The molecule has 0 amide bonds. The molecular formula is C14H7BrClFN2O. The molecule has 3 nitrogen and oxygen atoms in total. The zero-order valence-electron chi connectivity index (χ0n) is 9.98. The molecule has 3 rings (SSSR count). The van der Waals surface area contributed by atoms with E-state index >= 15 is 0 Å². The summed E-state index contributed by atoms with van der Waals surface area (Å²) in [5, 5.41) is 9.50. The van der Waals surface area contributed by atoms with Gasteiger partial charge in [-0.3, -0.25) is 0 Å². The number of halogens is 3. The van der Waals surface area contributed by atoms with Gasteiger partial charge in [0.15, 0.2) is 5.15 Å². The normalized spacial score (nSPS) is 10.8. The van der Waals surface area contributed by atoms with E-state index < -0.39 is 5.82 Å². The van der Waals surface area contributed by atoms with Gasteiger partial charge in [0.1, 0.15) is 11.6 Å². The SMILES string of the molecule is Fc1cc(Oc2nnc(Cl)c3ccccc23)ccc1Br. The summed E-state index contributed by atoms with van der Waals surface area (Å²) in [5.74, 6) is 0.216. The van der Waals surface area contributed by atoms with Crippen molar-refractivity contribution in [1.29, 1.82) is 0 Å². The molecule has 0 aliphatic heterocycles. The number of hydrogen-bond acceptors (Lipinski definition) is 3. The monoisotopic (exact) mass is 352 g/mol. The summed E-state index contributed by atoms with van der Waals surface area (Å²) in [7, 11) is 0. The Morgan fingerprint density at radius 2 is 1.80 bits per heavy atom. The van der Waals surface area contributed by atoms with Gasteiger partial charge in [0.2, 0.25) is 5.88 Å². The Kier molecular flexibility index (Phi) is 3.54. The number of fused-ring (bicyclic) bond motifs is 1. The maximum Gasteiger partial charge on any atom is 0.246 e. The van der Waals surface area contributed by atoms with E-state index in [2.05, 4.69) is 26.1 Å². The van der Waals surface area contributed by atoms with E-state index in [9.17, 15) is 4.39 Å². The van der Waals surface area contributed by atoms with Gasteiger partial charge in [-0.2, -0.15) is 0 Å². The van der Waals surface area contributed by atoms with Gasteiger partial charge < -0.3 is 4.74 Å². The summed E-state index contributed by atoms with van der Waals surface area (Å²) in [6.07, 6.45) is 0. The topological polar surface area (TPSA) is 35.0 Å². The zero-order chi connectivity index (χ0) is 14.1. The van der Waals surface area contributed by atoms with E-state index in [4.69, 9.17) is 16.3 Å². The molecule has 0 aliphatic carbocycles. The Bertz CT molecular complexity index is 797. The molecule has 0 bridgehead atoms. The van der Waals surface area contributed by atoms with Crippen LogP contribution in [0, 0.1) is 5.82 Å². The number of nitrogens with zero attached hydrogens (tertiary/aromatic N) is 2. The summed E-state index contributed by atoms with van der Waals surface area (Å²) < 4.78 is 19.4. The molecule has 100 valence electrons. The highest BCUT2D eigenvalue weighted by Gasteiger charge is 2.10. The Balaban J connectivity index is 2.06. The van der Waals surface area contributed by atoms with Gasteiger partial charge in [0, 0.05) is 16.8 Å². The molecule has 0 radical (unpaired) electrons. The highest BCUT2D eigenvalue weighted by Crippen LogP contribution is 2.31. The van der Waals surface area contributed by atoms with Crippen molar-refractivity contribution in [3.05, 3.63) is 57.9 Å². The maximum atomic E-state index is 13.5. The molecular weight excluding hydrogens is 347 g/mol. The largest absolute Gasteiger partial charge is 0.437 e. The van der Waals surface area contributed by atoms with Crippen molar-refractivity contribution in [1.82, 2.24) is 10.2 Å². The Hall–Kier alpha value is -1.72. The van der Waals surface area contributed by atoms with Gasteiger partial charge in [-0.25, -0.2) is 4.39 Å². The molecule has 1 heterocycles. The van der Waals surface area contributed by atoms with Gasteiger partial charge in [0.05, 0.1) is 4.47 Å². The lowest BCUT2D eigenvalue weighted by molar-refractivity contribution is 0.457. The first-order valence-corrected chi connectivity index (χ1v) is 6.86. The van der Waals surface area contributed by atoms with Crippen LogP contribution in [-0.2, 0) is 0 Å². The van der Waals surface area contributed by atoms with Gasteiger partial charge >= 0.3 is 0 Å². The van der Waals surface area contributed by atoms with E-state index in [1.807, 2.05) is 24.3 Å². The summed E-state index contributed by atoms with van der Waals surface area (Å²) in [6.45, 7) is 0. The highest BCUT2D eigenvalue weighted by molar-refractivity contribution is 9.10. The van der Waals surface area contributed by atoms with Gasteiger partial charge in [-0.15, -0.1) is 10.2 Å². The van der Waals surface area contributed by atoms with Crippen LogP contribution in [0.2, 0.25) is 5.15 Å². The molecule has 0 fully saturated rings. The predicted octanol–water partition coefficient (Wildman–Crippen LogP) is 4.98. The minimum Gasteiger partial charge on any atom is -0.437 e. The molecule has 0 atom stereocenters. The van der Waals surface area contributed by atoms with Crippen LogP contribution < -0.4 is 4.74 Å². The van der Waals surface area contributed by atoms with E-state index in [0.29, 0.717) is 15.4 Å². The Morgan fingerprint density at radius 3 is 2.55 bits per heavy atom. The van der Waals surface area contributed by atoms with E-state index in [1.165, 1.54) is 6.07 Å². The molecule has 0 N–H and O–H groups in total. The van der Waals surface area contributed by atoms with Crippen molar-refractivity contribution < 1.29 is 9.13 Å². The number of benzene rings is 2. The molecule has 20 heavy (non-hydrogen) atoms. The van der Waals surface area contributed by atoms with E-state index in [1.54, 1.807) is 12.1 Å². The predicted molar refractivity (Wildman–Crippen MR) is 78.7 cm³/mol. The fourth-order valence-corrected chi connectivity index (χ4v) is 2.22. The standard InChI is InChI=1S/C14H7BrClFN2O/c15-11-6-5-8(7-12(11)17)20-14-10-4-2-1-3-9(10)13(16)18-19-14/h1-7H. The number of aromatic nitrogens is 2. The first kappa shape index (κ1) is 13.3. The quantitative estimate of drug-likeness (QED) is 0.652. The Labute approximate surface area is 127 Å². The highest BCUT2D eigenvalue weighted by atomic mass is 79.9. The lowest BCUT2D eigenvalue weighted by Crippen LogP contribution is -1.93. The molecule has 0 spiro atoms. The molecule has 0 aliphatic rings. The maximum absolute atomic E-state index is 13.5. The van der Waals surface area contributed by atoms with Crippen LogP contribution in [0.3, 0.4) is 0 Å². The van der Waals surface area contributed by atoms with Crippen molar-refractivity contribution in [3.63, 3.8) is 0 Å². The molecule has 0 unspecified atom stereocenters. The number of ether oxygens (including phenoxy) is 1. The van der Waals surface area contributed by atoms with Crippen molar-refractivity contribution in [2.24, 2.45) is 0 Å². The second kappa shape index (κ2) is 5.34. The summed E-state index contributed by atoms with van der Waals surface area (Å²) in [4.78, 5) is 0. The average molecular weight is 354 g/mol. The first-order chi connectivity index (χ1) is 9.65. The van der Waals surface area contributed by atoms with Crippen molar-refractivity contribution in [2.75, 3.05) is 0 Å². The van der Waals surface area contributed by atoms with Crippen molar-refractivity contribution in [2.45, 2.75) is 0 Å². The van der Waals surface area contributed by atoms with Crippen molar-refractivity contribution in [3.8, 4) is 11.6 Å². The van der Waals surface area contributed by atoms with Gasteiger partial charge in [0.25, 0.3) is 0 Å². The van der Waals surface area contributed by atoms with E-state index in [-0.39, 0.29) is 5.88 Å². The van der Waals surface area contributed by atoms with Crippen LogP contribution in [0.25, 0.3) is 10.8 Å². The van der Waals surface area contributed by atoms with Crippen LogP contribution in [0.15, 0.2) is 46.9 Å². The molecule has 1 aromatic heterocycles. The number of hydrogen-bond donors (Lipinski definition) is 0. The van der Waals surface area contributed by atoms with Crippen LogP contribution in [0.4, 0.5) is 4.39 Å². The minimum absolute atomic E-state index is 0.284. The lowest BCUT2D eigenvalue weighted by atomic mass is 10.2. The molecule has 2 aromatic carbocycles. The third-order valence-corrected chi connectivity index (χ3v) is 3.64. The first-order valence-electron chi connectivity index (χ1n) is 5.69.